The summed E-state index contributed by atoms with van der Waals surface area (Å²) in [6.07, 6.45) is 1.53. The predicted octanol–water partition coefficient (Wildman–Crippen LogP) is 6.28. The summed E-state index contributed by atoms with van der Waals surface area (Å²) in [6, 6.07) is 15.3. The van der Waals surface area contributed by atoms with Gasteiger partial charge in [0, 0.05) is 21.2 Å². The van der Waals surface area contributed by atoms with E-state index in [0.29, 0.717) is 21.4 Å². The van der Waals surface area contributed by atoms with Gasteiger partial charge >= 0.3 is 0 Å². The van der Waals surface area contributed by atoms with Gasteiger partial charge in [0.15, 0.2) is 0 Å². The van der Waals surface area contributed by atoms with Crippen LogP contribution in [-0.2, 0) is 13.1 Å². The van der Waals surface area contributed by atoms with Crippen molar-refractivity contribution in [3.05, 3.63) is 104 Å². The molecule has 0 saturated heterocycles. The zero-order chi connectivity index (χ0) is 23.1. The molecule has 0 aliphatic rings. The molecular weight excluding hydrogens is 463 g/mol. The van der Waals surface area contributed by atoms with Crippen molar-refractivity contribution in [2.24, 2.45) is 0 Å². The number of benzene rings is 2. The number of rotatable bonds is 5. The van der Waals surface area contributed by atoms with E-state index in [1.54, 1.807) is 24.3 Å². The summed E-state index contributed by atoms with van der Waals surface area (Å²) in [5, 5.41) is 1.77. The van der Waals surface area contributed by atoms with E-state index >= 15 is 0 Å². The molecule has 166 valence electrons. The highest BCUT2D eigenvalue weighted by Gasteiger charge is 2.25. The van der Waals surface area contributed by atoms with E-state index in [2.05, 4.69) is 4.98 Å². The Balaban J connectivity index is 1.56. The molecule has 5 aromatic rings. The first-order valence-electron chi connectivity index (χ1n) is 10.2. The molecule has 3 heterocycles. The van der Waals surface area contributed by atoms with Gasteiger partial charge in [-0.3, -0.25) is 9.59 Å². The minimum atomic E-state index is -0.398. The molecule has 0 saturated carbocycles. The van der Waals surface area contributed by atoms with Gasteiger partial charge in [-0.2, -0.15) is 0 Å². The number of nitrogens with zero attached hydrogens (tertiary/aromatic N) is 1. The fraction of sp³-hybridized carbons (Fsp3) is 0.120. The third-order valence-corrected chi connectivity index (χ3v) is 7.08. The molecule has 5 nitrogen and oxygen atoms in total. The van der Waals surface area contributed by atoms with E-state index in [1.807, 2.05) is 25.1 Å². The SMILES string of the molecule is Cc1ccc2[nH]c(=O)c(CN(Cc3ccco3)C(=O)c3sc4cc(F)ccc4c3Cl)cc2c1. The first kappa shape index (κ1) is 21.4. The number of fused-ring (bicyclic) bond motifs is 2. The van der Waals surface area contributed by atoms with Gasteiger partial charge in [0.2, 0.25) is 0 Å². The monoisotopic (exact) mass is 480 g/mol. The molecule has 0 aliphatic carbocycles. The lowest BCUT2D eigenvalue weighted by atomic mass is 10.1. The number of nitrogens with one attached hydrogen (secondary N) is 1. The van der Waals surface area contributed by atoms with Crippen molar-refractivity contribution in [3.8, 4) is 0 Å². The normalized spacial score (nSPS) is 11.4. The number of halogens is 2. The molecule has 3 aromatic heterocycles. The summed E-state index contributed by atoms with van der Waals surface area (Å²) in [6.45, 7) is 2.18. The molecule has 8 heteroatoms. The minimum absolute atomic E-state index is 0.0533. The van der Waals surface area contributed by atoms with Crippen LogP contribution in [0.4, 0.5) is 4.39 Å². The Bertz CT molecular complexity index is 1560. The number of hydrogen-bond acceptors (Lipinski definition) is 4. The second kappa shape index (κ2) is 8.50. The van der Waals surface area contributed by atoms with Crippen molar-refractivity contribution >= 4 is 49.8 Å². The highest BCUT2D eigenvalue weighted by Crippen LogP contribution is 2.37. The molecule has 0 aliphatic heterocycles. The fourth-order valence-electron chi connectivity index (χ4n) is 3.80. The summed E-state index contributed by atoms with van der Waals surface area (Å²) in [5.41, 5.74) is 1.96. The Morgan fingerprint density at radius 3 is 2.79 bits per heavy atom. The van der Waals surface area contributed by atoms with Crippen LogP contribution in [0.3, 0.4) is 0 Å². The van der Waals surface area contributed by atoms with Crippen LogP contribution in [-0.4, -0.2) is 15.8 Å². The van der Waals surface area contributed by atoms with Crippen LogP contribution < -0.4 is 5.56 Å². The second-order valence-electron chi connectivity index (χ2n) is 7.84. The number of aryl methyl sites for hydroxylation is 1. The summed E-state index contributed by atoms with van der Waals surface area (Å²) >= 11 is 7.64. The van der Waals surface area contributed by atoms with Crippen molar-refractivity contribution < 1.29 is 13.6 Å². The fourth-order valence-corrected chi connectivity index (χ4v) is 5.31. The van der Waals surface area contributed by atoms with E-state index in [9.17, 15) is 14.0 Å². The van der Waals surface area contributed by atoms with Gasteiger partial charge in [0.05, 0.1) is 24.4 Å². The largest absolute Gasteiger partial charge is 0.467 e. The number of carbonyl (C=O) groups is 1. The first-order valence-corrected chi connectivity index (χ1v) is 11.4. The molecular formula is C25H18ClFN2O3S. The van der Waals surface area contributed by atoms with Crippen LogP contribution in [0.5, 0.6) is 0 Å². The standard InChI is InChI=1S/C25H18ClFN2O3S/c1-14-4-7-20-15(9-14)10-16(24(30)28-20)12-29(13-18-3-2-8-32-18)25(31)23-22(26)19-6-5-17(27)11-21(19)33-23/h2-11H,12-13H2,1H3,(H,28,30). The van der Waals surface area contributed by atoms with Crippen molar-refractivity contribution in [1.82, 2.24) is 9.88 Å². The summed E-state index contributed by atoms with van der Waals surface area (Å²) in [7, 11) is 0. The van der Waals surface area contributed by atoms with E-state index in [-0.39, 0.29) is 34.5 Å². The smallest absolute Gasteiger partial charge is 0.266 e. The van der Waals surface area contributed by atoms with Crippen molar-refractivity contribution in [3.63, 3.8) is 0 Å². The van der Waals surface area contributed by atoms with E-state index < -0.39 is 5.82 Å². The topological polar surface area (TPSA) is 66.3 Å². The molecule has 0 atom stereocenters. The molecule has 0 spiro atoms. The van der Waals surface area contributed by atoms with Gasteiger partial charge < -0.3 is 14.3 Å². The maximum atomic E-state index is 13.7. The van der Waals surface area contributed by atoms with E-state index in [0.717, 1.165) is 27.8 Å². The van der Waals surface area contributed by atoms with Crippen LogP contribution in [0.2, 0.25) is 5.02 Å². The molecule has 5 rings (SSSR count). The molecule has 2 aromatic carbocycles. The number of H-pyrrole nitrogens is 1. The van der Waals surface area contributed by atoms with Gasteiger partial charge in [0.1, 0.15) is 16.5 Å². The average Bonchev–Trinajstić information content (AvgIpc) is 3.41. The van der Waals surface area contributed by atoms with Crippen molar-refractivity contribution in [2.45, 2.75) is 20.0 Å². The molecule has 1 N–H and O–H groups in total. The number of furan rings is 1. The summed E-state index contributed by atoms with van der Waals surface area (Å²) in [4.78, 5) is 31.0. The lowest BCUT2D eigenvalue weighted by Gasteiger charge is -2.21. The Labute approximate surface area is 197 Å². The van der Waals surface area contributed by atoms with Gasteiger partial charge in [-0.05, 0) is 60.8 Å². The molecule has 33 heavy (non-hydrogen) atoms. The maximum Gasteiger partial charge on any atom is 0.266 e. The average molecular weight is 481 g/mol. The maximum absolute atomic E-state index is 13.7. The number of carbonyl (C=O) groups excluding carboxylic acids is 1. The number of amides is 1. The van der Waals surface area contributed by atoms with Crippen molar-refractivity contribution in [1.29, 1.82) is 0 Å². The number of thiophene rings is 1. The molecule has 0 fully saturated rings. The summed E-state index contributed by atoms with van der Waals surface area (Å²) < 4.78 is 19.7. The Morgan fingerprint density at radius 2 is 2.00 bits per heavy atom. The number of pyridine rings is 1. The lowest BCUT2D eigenvalue weighted by Crippen LogP contribution is -2.32. The summed E-state index contributed by atoms with van der Waals surface area (Å²) in [5.74, 6) is -0.189. The number of hydrogen-bond donors (Lipinski definition) is 1. The van der Waals surface area contributed by atoms with Gasteiger partial charge in [-0.15, -0.1) is 11.3 Å². The van der Waals surface area contributed by atoms with Crippen molar-refractivity contribution in [2.75, 3.05) is 0 Å². The minimum Gasteiger partial charge on any atom is -0.467 e. The first-order chi connectivity index (χ1) is 15.9. The highest BCUT2D eigenvalue weighted by atomic mass is 35.5. The molecule has 0 unspecified atom stereocenters. The number of aromatic amines is 1. The van der Waals surface area contributed by atoms with Crippen LogP contribution in [0.1, 0.15) is 26.6 Å². The van der Waals surface area contributed by atoms with Gasteiger partial charge in [0.25, 0.3) is 11.5 Å². The van der Waals surface area contributed by atoms with Crippen LogP contribution in [0, 0.1) is 12.7 Å². The van der Waals surface area contributed by atoms with E-state index in [1.165, 1.54) is 23.3 Å². The quantitative estimate of drug-likeness (QED) is 0.322. The highest BCUT2D eigenvalue weighted by molar-refractivity contribution is 7.21. The molecule has 1 amide bonds. The Hall–Kier alpha value is -3.42. The third-order valence-electron chi connectivity index (χ3n) is 5.44. The van der Waals surface area contributed by atoms with Gasteiger partial charge in [-0.1, -0.05) is 23.2 Å². The second-order valence-corrected chi connectivity index (χ2v) is 9.27. The van der Waals surface area contributed by atoms with Crippen LogP contribution in [0.15, 0.2) is 70.1 Å². The van der Waals surface area contributed by atoms with E-state index in [4.69, 9.17) is 16.0 Å². The third kappa shape index (κ3) is 4.17. The van der Waals surface area contributed by atoms with Crippen LogP contribution >= 0.6 is 22.9 Å². The lowest BCUT2D eigenvalue weighted by molar-refractivity contribution is 0.0722. The van der Waals surface area contributed by atoms with Gasteiger partial charge in [-0.25, -0.2) is 4.39 Å². The van der Waals surface area contributed by atoms with Crippen LogP contribution in [0.25, 0.3) is 21.0 Å². The zero-order valence-corrected chi connectivity index (χ0v) is 19.1. The number of aromatic nitrogens is 1. The molecule has 0 bridgehead atoms. The predicted molar refractivity (Wildman–Crippen MR) is 128 cm³/mol. The zero-order valence-electron chi connectivity index (χ0n) is 17.5. The Kier molecular flexibility index (Phi) is 5.52. The molecule has 0 radical (unpaired) electrons. The Morgan fingerprint density at radius 1 is 1.15 bits per heavy atom.